The number of nitrogens with one attached hydrogen (secondary N) is 3. The van der Waals surface area contributed by atoms with E-state index in [0.717, 1.165) is 5.56 Å². The molecule has 0 unspecified atom stereocenters. The molecule has 1 heterocycles. The van der Waals surface area contributed by atoms with Gasteiger partial charge < -0.3 is 36.5 Å². The van der Waals surface area contributed by atoms with Crippen LogP contribution in [0.2, 0.25) is 0 Å². The molecule has 1 aliphatic rings. The topological polar surface area (TPSA) is 240 Å². The van der Waals surface area contributed by atoms with Crippen molar-refractivity contribution in [1.82, 2.24) is 20.9 Å². The second kappa shape index (κ2) is 17.7. The van der Waals surface area contributed by atoms with Gasteiger partial charge in [0.1, 0.15) is 23.9 Å². The highest BCUT2D eigenvalue weighted by Gasteiger charge is 2.37. The van der Waals surface area contributed by atoms with Gasteiger partial charge in [-0.15, -0.1) is 0 Å². The summed E-state index contributed by atoms with van der Waals surface area (Å²) in [6, 6.07) is 10.7. The molecule has 0 aromatic heterocycles. The van der Waals surface area contributed by atoms with Crippen LogP contribution in [-0.4, -0.2) is 96.7 Å². The van der Waals surface area contributed by atoms with Gasteiger partial charge in [0.15, 0.2) is 0 Å². The molecule has 0 aliphatic carbocycles. The Hall–Kier alpha value is -4.19. The highest BCUT2D eigenvalue weighted by Crippen LogP contribution is 2.19. The Morgan fingerprint density at radius 3 is 2.26 bits per heavy atom. The molecular formula is C30H40N6O9S2. The number of nitrogens with zero attached hydrogens (tertiary/aromatic N) is 1. The number of benzene rings is 2. The molecular weight excluding hydrogens is 652 g/mol. The molecule has 0 spiro atoms. The van der Waals surface area contributed by atoms with E-state index < -0.39 is 70.6 Å². The van der Waals surface area contributed by atoms with Crippen molar-refractivity contribution in [3.63, 3.8) is 0 Å². The van der Waals surface area contributed by atoms with Crippen molar-refractivity contribution in [2.45, 2.75) is 56.3 Å². The number of nitrogens with two attached hydrogens (primary N) is 2. The number of carbonyl (C=O) groups excluding carboxylic acids is 5. The minimum Gasteiger partial charge on any atom is -0.368 e. The second-order valence-corrected chi connectivity index (χ2v) is 12.9. The average Bonchev–Trinajstić information content (AvgIpc) is 3.52. The van der Waals surface area contributed by atoms with Gasteiger partial charge in [0.2, 0.25) is 29.5 Å². The molecule has 3 rings (SSSR count). The third-order valence-corrected chi connectivity index (χ3v) is 8.41. The first kappa shape index (κ1) is 37.3. The van der Waals surface area contributed by atoms with Crippen LogP contribution in [0.3, 0.4) is 0 Å². The van der Waals surface area contributed by atoms with E-state index in [0.29, 0.717) is 30.7 Å². The van der Waals surface area contributed by atoms with Gasteiger partial charge in [0.25, 0.3) is 0 Å². The van der Waals surface area contributed by atoms with Crippen LogP contribution in [0.5, 0.6) is 5.75 Å². The summed E-state index contributed by atoms with van der Waals surface area (Å²) in [7, 11) is -4.68. The largest absolute Gasteiger partial charge is 0.446 e. The van der Waals surface area contributed by atoms with Gasteiger partial charge >= 0.3 is 10.4 Å². The summed E-state index contributed by atoms with van der Waals surface area (Å²) < 4.78 is 34.9. The molecule has 4 atom stereocenters. The Morgan fingerprint density at radius 2 is 1.64 bits per heavy atom. The first-order chi connectivity index (χ1) is 22.3. The second-order valence-electron chi connectivity index (χ2n) is 10.9. The first-order valence-corrected chi connectivity index (χ1v) is 17.5. The van der Waals surface area contributed by atoms with Gasteiger partial charge in [-0.1, -0.05) is 42.5 Å². The van der Waals surface area contributed by atoms with Crippen molar-refractivity contribution in [3.05, 3.63) is 65.7 Å². The number of hydrogen-bond acceptors (Lipinski definition) is 10. The van der Waals surface area contributed by atoms with Crippen molar-refractivity contribution in [2.75, 3.05) is 25.1 Å². The number of hydrogen-bond donors (Lipinski definition) is 6. The van der Waals surface area contributed by atoms with Crippen LogP contribution in [0.4, 0.5) is 0 Å². The lowest BCUT2D eigenvalue weighted by Crippen LogP contribution is -2.56. The van der Waals surface area contributed by atoms with Gasteiger partial charge in [-0.25, -0.2) is 0 Å². The normalized spacial score (nSPS) is 16.4. The zero-order valence-corrected chi connectivity index (χ0v) is 27.4. The molecule has 47 heavy (non-hydrogen) atoms. The summed E-state index contributed by atoms with van der Waals surface area (Å²) in [5.74, 6) is -2.58. The molecule has 1 saturated heterocycles. The van der Waals surface area contributed by atoms with Crippen molar-refractivity contribution >= 4 is 51.7 Å². The van der Waals surface area contributed by atoms with E-state index in [2.05, 4.69) is 20.1 Å². The van der Waals surface area contributed by atoms with E-state index in [9.17, 15) is 32.4 Å². The van der Waals surface area contributed by atoms with Crippen LogP contribution in [-0.2, 0) is 47.2 Å². The maximum Gasteiger partial charge on any atom is 0.446 e. The van der Waals surface area contributed by atoms with Gasteiger partial charge in [-0.3, -0.25) is 28.5 Å². The monoisotopic (exact) mass is 692 g/mol. The van der Waals surface area contributed by atoms with Crippen LogP contribution >= 0.6 is 11.8 Å². The Balaban J connectivity index is 1.60. The maximum absolute atomic E-state index is 13.5. The van der Waals surface area contributed by atoms with Crippen LogP contribution in [0.15, 0.2) is 54.6 Å². The third kappa shape index (κ3) is 12.2. The number of amides is 5. The Morgan fingerprint density at radius 1 is 0.979 bits per heavy atom. The molecule has 0 bridgehead atoms. The minimum atomic E-state index is -4.68. The number of likely N-dealkylation sites (tertiary alicyclic amines) is 1. The molecule has 0 radical (unpaired) electrons. The van der Waals surface area contributed by atoms with Crippen molar-refractivity contribution in [2.24, 2.45) is 11.5 Å². The molecule has 256 valence electrons. The molecule has 0 saturated carbocycles. The first-order valence-electron chi connectivity index (χ1n) is 14.8. The molecule has 2 aromatic rings. The smallest absolute Gasteiger partial charge is 0.368 e. The summed E-state index contributed by atoms with van der Waals surface area (Å²) in [6.45, 7) is -0.149. The fourth-order valence-corrected chi connectivity index (χ4v) is 5.87. The molecule has 17 heteroatoms. The maximum atomic E-state index is 13.5. The van der Waals surface area contributed by atoms with E-state index in [1.165, 1.54) is 40.9 Å². The lowest BCUT2D eigenvalue weighted by molar-refractivity contribution is -0.140. The predicted molar refractivity (Wildman–Crippen MR) is 174 cm³/mol. The van der Waals surface area contributed by atoms with Crippen LogP contribution < -0.4 is 31.6 Å². The molecule has 5 amide bonds. The Bertz CT molecular complexity index is 1510. The molecule has 15 nitrogen and oxygen atoms in total. The zero-order chi connectivity index (χ0) is 34.6. The van der Waals surface area contributed by atoms with Gasteiger partial charge in [-0.05, 0) is 61.0 Å². The minimum absolute atomic E-state index is 0.0434. The quantitative estimate of drug-likeness (QED) is 0.113. The average molecular weight is 693 g/mol. The number of carbonyl (C=O) groups is 5. The summed E-state index contributed by atoms with van der Waals surface area (Å²) in [4.78, 5) is 65.8. The van der Waals surface area contributed by atoms with E-state index in [1.54, 1.807) is 24.3 Å². The Labute approximate surface area is 277 Å². The van der Waals surface area contributed by atoms with Crippen molar-refractivity contribution in [3.8, 4) is 5.75 Å². The number of primary amides is 1. The van der Waals surface area contributed by atoms with Gasteiger partial charge in [-0.2, -0.15) is 20.2 Å². The Kier molecular flexibility index (Phi) is 14.0. The summed E-state index contributed by atoms with van der Waals surface area (Å²) in [5, 5.41) is 7.81. The van der Waals surface area contributed by atoms with Crippen molar-refractivity contribution < 1.29 is 41.1 Å². The van der Waals surface area contributed by atoms with Gasteiger partial charge in [0, 0.05) is 13.0 Å². The summed E-state index contributed by atoms with van der Waals surface area (Å²) in [5.41, 5.74) is 12.9. The molecule has 8 N–H and O–H groups in total. The van der Waals surface area contributed by atoms with Crippen LogP contribution in [0, 0.1) is 0 Å². The highest BCUT2D eigenvalue weighted by molar-refractivity contribution is 7.98. The van der Waals surface area contributed by atoms with Gasteiger partial charge in [0.05, 0.1) is 12.6 Å². The van der Waals surface area contributed by atoms with E-state index in [-0.39, 0.29) is 25.0 Å². The molecule has 1 fully saturated rings. The van der Waals surface area contributed by atoms with Crippen molar-refractivity contribution in [1.29, 1.82) is 0 Å². The number of rotatable bonds is 17. The zero-order valence-electron chi connectivity index (χ0n) is 25.8. The van der Waals surface area contributed by atoms with Crippen LogP contribution in [0.1, 0.15) is 30.4 Å². The summed E-state index contributed by atoms with van der Waals surface area (Å²) in [6.07, 6.45) is 3.32. The lowest BCUT2D eigenvalue weighted by atomic mass is 10.0. The lowest BCUT2D eigenvalue weighted by Gasteiger charge is -2.28. The SMILES string of the molecule is CSCC[C@@H](NC(=O)[C@@H](N)Cc1ccc(OS(=O)(=O)O)cc1)C(=O)NCC(=O)N[C@@H](Cc1ccccc1)C(=O)N1CCC[C@H]1C(N)=O. The third-order valence-electron chi connectivity index (χ3n) is 7.36. The van der Waals surface area contributed by atoms with Crippen LogP contribution in [0.25, 0.3) is 0 Å². The fourth-order valence-electron chi connectivity index (χ4n) is 5.04. The highest BCUT2D eigenvalue weighted by atomic mass is 32.3. The van der Waals surface area contributed by atoms with E-state index >= 15 is 0 Å². The fraction of sp³-hybridized carbons (Fsp3) is 0.433. The van der Waals surface area contributed by atoms with E-state index in [4.69, 9.17) is 16.0 Å². The molecule has 1 aliphatic heterocycles. The summed E-state index contributed by atoms with van der Waals surface area (Å²) >= 11 is 1.45. The standard InChI is InChI=1S/C30H40N6O9S2/c1-46-15-13-23(35-28(39)22(31)16-20-9-11-21(12-10-20)45-47(42,43)44)29(40)33-18-26(37)34-24(17-19-6-3-2-4-7-19)30(41)36-14-5-8-25(36)27(32)38/h2-4,6-7,9-12,22-25H,5,8,13-18,31H2,1H3,(H2,32,38)(H,33,40)(H,34,37)(H,35,39)(H,42,43,44)/t22-,23+,24-,25-/m0/s1. The number of thioether (sulfide) groups is 1. The molecule has 2 aromatic carbocycles. The van der Waals surface area contributed by atoms with E-state index in [1.807, 2.05) is 12.3 Å². The predicted octanol–water partition coefficient (Wildman–Crippen LogP) is -0.704.